The average molecular weight is 355 g/mol. The van der Waals surface area contributed by atoms with Crippen LogP contribution in [0.25, 0.3) is 0 Å². The molecular formula is C18H27F2N3O2. The van der Waals surface area contributed by atoms with Crippen molar-refractivity contribution in [1.29, 1.82) is 0 Å². The van der Waals surface area contributed by atoms with Crippen molar-refractivity contribution in [3.63, 3.8) is 0 Å². The highest BCUT2D eigenvalue weighted by molar-refractivity contribution is 5.85. The fourth-order valence-electron chi connectivity index (χ4n) is 4.30. The molecule has 3 heterocycles. The van der Waals surface area contributed by atoms with E-state index in [0.29, 0.717) is 44.3 Å². The Hall–Kier alpha value is -1.50. The van der Waals surface area contributed by atoms with Crippen LogP contribution in [0.2, 0.25) is 0 Å². The molecule has 25 heavy (non-hydrogen) atoms. The van der Waals surface area contributed by atoms with Gasteiger partial charge >= 0.3 is 0 Å². The number of likely N-dealkylation sites (tertiary alicyclic amines) is 2. The SMILES string of the molecule is Cc1noc(C)c1CN1CC(F)(F)C[C@]2(CCN(CC(C)C)C2=O)C1. The standard InChI is InChI=1S/C18H27F2N3O2/c1-12(2)7-23-6-5-17(16(23)24)9-18(19,20)11-22(10-17)8-15-13(3)21-25-14(15)4/h12H,5-11H2,1-4H3/t17-/m1/s1. The molecule has 0 aliphatic carbocycles. The quantitative estimate of drug-likeness (QED) is 0.833. The zero-order chi connectivity index (χ0) is 18.4. The van der Waals surface area contributed by atoms with Crippen molar-refractivity contribution >= 4 is 5.91 Å². The van der Waals surface area contributed by atoms with Gasteiger partial charge < -0.3 is 9.42 Å². The largest absolute Gasteiger partial charge is 0.361 e. The first-order valence-electron chi connectivity index (χ1n) is 8.93. The summed E-state index contributed by atoms with van der Waals surface area (Å²) in [6.07, 6.45) is 0.164. The van der Waals surface area contributed by atoms with Gasteiger partial charge in [0.05, 0.1) is 17.7 Å². The average Bonchev–Trinajstić information content (AvgIpc) is 2.94. The van der Waals surface area contributed by atoms with Crippen LogP contribution in [0.15, 0.2) is 4.52 Å². The number of alkyl halides is 2. The van der Waals surface area contributed by atoms with E-state index in [-0.39, 0.29) is 18.9 Å². The van der Waals surface area contributed by atoms with Crippen molar-refractivity contribution in [1.82, 2.24) is 15.0 Å². The molecule has 1 aromatic rings. The van der Waals surface area contributed by atoms with Gasteiger partial charge in [-0.15, -0.1) is 0 Å². The summed E-state index contributed by atoms with van der Waals surface area (Å²) in [5.74, 6) is -1.98. The van der Waals surface area contributed by atoms with Crippen LogP contribution in [-0.2, 0) is 11.3 Å². The molecule has 2 aliphatic heterocycles. The second-order valence-electron chi connectivity index (χ2n) is 8.16. The van der Waals surface area contributed by atoms with E-state index in [0.717, 1.165) is 11.3 Å². The third kappa shape index (κ3) is 3.57. The highest BCUT2D eigenvalue weighted by Crippen LogP contribution is 2.46. The molecule has 140 valence electrons. The van der Waals surface area contributed by atoms with Crippen molar-refractivity contribution in [3.8, 4) is 0 Å². The first-order chi connectivity index (χ1) is 11.6. The van der Waals surface area contributed by atoms with Crippen molar-refractivity contribution in [3.05, 3.63) is 17.0 Å². The predicted molar refractivity (Wildman–Crippen MR) is 89.3 cm³/mol. The smallest absolute Gasteiger partial charge is 0.261 e. The maximum atomic E-state index is 14.5. The molecule has 1 amide bonds. The molecule has 1 atom stereocenters. The third-order valence-electron chi connectivity index (χ3n) is 5.33. The lowest BCUT2D eigenvalue weighted by Crippen LogP contribution is -2.55. The minimum atomic E-state index is -2.86. The molecule has 5 nitrogen and oxygen atoms in total. The summed E-state index contributed by atoms with van der Waals surface area (Å²) < 4.78 is 34.1. The van der Waals surface area contributed by atoms with Gasteiger partial charge in [-0.25, -0.2) is 8.78 Å². The fourth-order valence-corrected chi connectivity index (χ4v) is 4.30. The van der Waals surface area contributed by atoms with Gasteiger partial charge in [-0.3, -0.25) is 9.69 Å². The lowest BCUT2D eigenvalue weighted by molar-refractivity contribution is -0.155. The monoisotopic (exact) mass is 355 g/mol. The molecular weight excluding hydrogens is 328 g/mol. The number of piperidine rings is 1. The van der Waals surface area contributed by atoms with Gasteiger partial charge in [0, 0.05) is 38.2 Å². The second-order valence-corrected chi connectivity index (χ2v) is 8.16. The summed E-state index contributed by atoms with van der Waals surface area (Å²) in [7, 11) is 0. The van der Waals surface area contributed by atoms with E-state index in [9.17, 15) is 13.6 Å². The van der Waals surface area contributed by atoms with E-state index in [4.69, 9.17) is 4.52 Å². The number of hydrogen-bond donors (Lipinski definition) is 0. The van der Waals surface area contributed by atoms with Crippen molar-refractivity contribution in [2.75, 3.05) is 26.2 Å². The molecule has 2 fully saturated rings. The second kappa shape index (κ2) is 6.34. The molecule has 0 aromatic carbocycles. The Morgan fingerprint density at radius 3 is 2.60 bits per heavy atom. The van der Waals surface area contributed by atoms with Crippen LogP contribution < -0.4 is 0 Å². The molecule has 0 unspecified atom stereocenters. The van der Waals surface area contributed by atoms with Crippen LogP contribution >= 0.6 is 0 Å². The molecule has 2 saturated heterocycles. The molecule has 0 N–H and O–H groups in total. The molecule has 1 aromatic heterocycles. The Labute approximate surface area is 147 Å². The Morgan fingerprint density at radius 1 is 1.28 bits per heavy atom. The van der Waals surface area contributed by atoms with E-state index < -0.39 is 11.3 Å². The molecule has 7 heteroatoms. The summed E-state index contributed by atoms with van der Waals surface area (Å²) in [5.41, 5.74) is 0.604. The molecule has 2 aliphatic rings. The highest BCUT2D eigenvalue weighted by Gasteiger charge is 2.56. The van der Waals surface area contributed by atoms with Crippen molar-refractivity contribution < 1.29 is 18.1 Å². The van der Waals surface area contributed by atoms with Crippen molar-refractivity contribution in [2.45, 2.75) is 53.0 Å². The molecule has 0 bridgehead atoms. The topological polar surface area (TPSA) is 49.6 Å². The first kappa shape index (κ1) is 18.3. The van der Waals surface area contributed by atoms with Crippen LogP contribution in [0, 0.1) is 25.2 Å². The zero-order valence-electron chi connectivity index (χ0n) is 15.4. The van der Waals surface area contributed by atoms with Gasteiger partial charge in [0.15, 0.2) is 0 Å². The number of carbonyl (C=O) groups is 1. The minimum absolute atomic E-state index is 0.107. The van der Waals surface area contributed by atoms with E-state index in [1.165, 1.54) is 0 Å². The highest BCUT2D eigenvalue weighted by atomic mass is 19.3. The summed E-state index contributed by atoms with van der Waals surface area (Å²) in [4.78, 5) is 16.4. The van der Waals surface area contributed by atoms with Gasteiger partial charge in [-0.05, 0) is 26.2 Å². The van der Waals surface area contributed by atoms with Crippen LogP contribution in [0.4, 0.5) is 8.78 Å². The van der Waals surface area contributed by atoms with E-state index in [1.807, 2.05) is 20.8 Å². The molecule has 1 spiro atoms. The van der Waals surface area contributed by atoms with Gasteiger partial charge in [0.25, 0.3) is 5.92 Å². The maximum absolute atomic E-state index is 14.5. The van der Waals surface area contributed by atoms with Gasteiger partial charge in [0.1, 0.15) is 5.76 Å². The number of nitrogens with zero attached hydrogens (tertiary/aromatic N) is 3. The summed E-state index contributed by atoms with van der Waals surface area (Å²) in [5, 5.41) is 3.90. The molecule has 0 saturated carbocycles. The number of carbonyl (C=O) groups excluding carboxylic acids is 1. The van der Waals surface area contributed by atoms with E-state index in [2.05, 4.69) is 5.16 Å². The number of hydrogen-bond acceptors (Lipinski definition) is 4. The Kier molecular flexibility index (Phi) is 4.64. The van der Waals surface area contributed by atoms with E-state index in [1.54, 1.807) is 16.7 Å². The number of aromatic nitrogens is 1. The summed E-state index contributed by atoms with van der Waals surface area (Å²) in [6, 6.07) is 0. The first-order valence-corrected chi connectivity index (χ1v) is 8.93. The Balaban J connectivity index is 1.81. The van der Waals surface area contributed by atoms with Gasteiger partial charge in [0.2, 0.25) is 5.91 Å². The maximum Gasteiger partial charge on any atom is 0.261 e. The number of amides is 1. The molecule has 3 rings (SSSR count). The van der Waals surface area contributed by atoms with Crippen LogP contribution in [0.1, 0.15) is 43.7 Å². The van der Waals surface area contributed by atoms with Crippen molar-refractivity contribution in [2.24, 2.45) is 11.3 Å². The summed E-state index contributed by atoms with van der Waals surface area (Å²) >= 11 is 0. The van der Waals surface area contributed by atoms with Crippen LogP contribution in [0.3, 0.4) is 0 Å². The fraction of sp³-hybridized carbons (Fsp3) is 0.778. The third-order valence-corrected chi connectivity index (χ3v) is 5.33. The van der Waals surface area contributed by atoms with Gasteiger partial charge in [-0.1, -0.05) is 19.0 Å². The number of rotatable bonds is 4. The predicted octanol–water partition coefficient (Wildman–Crippen LogP) is 3.01. The normalized spacial score (nSPS) is 27.0. The molecule has 0 radical (unpaired) electrons. The zero-order valence-corrected chi connectivity index (χ0v) is 15.4. The lowest BCUT2D eigenvalue weighted by Gasteiger charge is -2.43. The number of halogens is 2. The minimum Gasteiger partial charge on any atom is -0.361 e. The Bertz CT molecular complexity index is 639. The van der Waals surface area contributed by atoms with Gasteiger partial charge in [-0.2, -0.15) is 0 Å². The van der Waals surface area contributed by atoms with Crippen LogP contribution in [-0.4, -0.2) is 53.0 Å². The Morgan fingerprint density at radius 2 is 2.00 bits per heavy atom. The van der Waals surface area contributed by atoms with E-state index >= 15 is 0 Å². The lowest BCUT2D eigenvalue weighted by atomic mass is 9.76. The number of aryl methyl sites for hydroxylation is 2. The summed E-state index contributed by atoms with van der Waals surface area (Å²) in [6.45, 7) is 9.29. The van der Waals surface area contributed by atoms with Crippen LogP contribution in [0.5, 0.6) is 0 Å².